The van der Waals surface area contributed by atoms with E-state index in [-0.39, 0.29) is 0 Å². The van der Waals surface area contributed by atoms with Crippen molar-refractivity contribution in [3.8, 4) is 0 Å². The monoisotopic (exact) mass is 285 g/mol. The molecule has 0 atom stereocenters. The van der Waals surface area contributed by atoms with E-state index in [1.165, 1.54) is 0 Å². The number of guanidine groups is 1. The molecule has 0 aromatic rings. The predicted octanol–water partition coefficient (Wildman–Crippen LogP) is 1.66. The highest BCUT2D eigenvalue weighted by atomic mass is 16.5. The van der Waals surface area contributed by atoms with Crippen LogP contribution in [-0.2, 0) is 4.74 Å². The van der Waals surface area contributed by atoms with Gasteiger partial charge in [-0.15, -0.1) is 0 Å². The van der Waals surface area contributed by atoms with Gasteiger partial charge in [-0.1, -0.05) is 12.8 Å². The van der Waals surface area contributed by atoms with Crippen LogP contribution in [0.2, 0.25) is 0 Å². The summed E-state index contributed by atoms with van der Waals surface area (Å²) in [5.41, 5.74) is -0.572. The Kier molecular flexibility index (Phi) is 8.62. The first-order valence-corrected chi connectivity index (χ1v) is 8.02. The van der Waals surface area contributed by atoms with Gasteiger partial charge in [0.15, 0.2) is 5.96 Å². The summed E-state index contributed by atoms with van der Waals surface area (Å²) in [4.78, 5) is 4.51. The van der Waals surface area contributed by atoms with Crippen molar-refractivity contribution in [2.75, 3.05) is 32.8 Å². The Hall–Kier alpha value is -0.810. The third kappa shape index (κ3) is 7.10. The SMILES string of the molecule is CCNC(=NCC1(O)CCCC1)NCCCCOCC. The Morgan fingerprint density at radius 3 is 2.60 bits per heavy atom. The van der Waals surface area contributed by atoms with Gasteiger partial charge in [-0.25, -0.2) is 0 Å². The van der Waals surface area contributed by atoms with Crippen LogP contribution in [0.15, 0.2) is 4.99 Å². The molecule has 118 valence electrons. The van der Waals surface area contributed by atoms with Crippen LogP contribution in [0.3, 0.4) is 0 Å². The van der Waals surface area contributed by atoms with Crippen LogP contribution in [0.5, 0.6) is 0 Å². The highest BCUT2D eigenvalue weighted by Gasteiger charge is 2.30. The molecule has 0 radical (unpaired) electrons. The largest absolute Gasteiger partial charge is 0.388 e. The molecule has 0 aliphatic heterocycles. The lowest BCUT2D eigenvalue weighted by molar-refractivity contribution is 0.0574. The van der Waals surface area contributed by atoms with Crippen LogP contribution in [0.25, 0.3) is 0 Å². The number of aliphatic imine (C=N–C) groups is 1. The van der Waals surface area contributed by atoms with Crippen LogP contribution in [0.1, 0.15) is 52.4 Å². The van der Waals surface area contributed by atoms with Crippen LogP contribution in [-0.4, -0.2) is 49.5 Å². The van der Waals surface area contributed by atoms with E-state index in [0.29, 0.717) is 6.54 Å². The topological polar surface area (TPSA) is 65.9 Å². The van der Waals surface area contributed by atoms with Gasteiger partial charge in [0.2, 0.25) is 0 Å². The lowest BCUT2D eigenvalue weighted by Gasteiger charge is -2.20. The van der Waals surface area contributed by atoms with E-state index < -0.39 is 5.60 Å². The zero-order chi connectivity index (χ0) is 14.7. The summed E-state index contributed by atoms with van der Waals surface area (Å²) in [7, 11) is 0. The first-order chi connectivity index (χ1) is 9.70. The van der Waals surface area contributed by atoms with Crippen molar-refractivity contribution in [3.05, 3.63) is 0 Å². The number of unbranched alkanes of at least 4 members (excludes halogenated alkanes) is 1. The molecule has 0 aromatic carbocycles. The second-order valence-electron chi connectivity index (χ2n) is 5.46. The minimum atomic E-state index is -0.572. The Morgan fingerprint density at radius 1 is 1.20 bits per heavy atom. The molecular formula is C15H31N3O2. The molecule has 0 heterocycles. The average molecular weight is 285 g/mol. The summed E-state index contributed by atoms with van der Waals surface area (Å²) in [6.07, 6.45) is 6.12. The van der Waals surface area contributed by atoms with Crippen molar-refractivity contribution < 1.29 is 9.84 Å². The van der Waals surface area contributed by atoms with Crippen molar-refractivity contribution in [2.45, 2.75) is 58.0 Å². The van der Waals surface area contributed by atoms with E-state index in [9.17, 15) is 5.11 Å². The molecule has 3 N–H and O–H groups in total. The highest BCUT2D eigenvalue weighted by molar-refractivity contribution is 5.79. The molecule has 5 heteroatoms. The number of aliphatic hydroxyl groups is 1. The van der Waals surface area contributed by atoms with E-state index >= 15 is 0 Å². The predicted molar refractivity (Wildman–Crippen MR) is 83.1 cm³/mol. The van der Waals surface area contributed by atoms with Crippen LogP contribution in [0, 0.1) is 0 Å². The zero-order valence-corrected chi connectivity index (χ0v) is 13.1. The first kappa shape index (κ1) is 17.2. The summed E-state index contributed by atoms with van der Waals surface area (Å²) in [6, 6.07) is 0. The van der Waals surface area contributed by atoms with E-state index in [2.05, 4.69) is 22.5 Å². The van der Waals surface area contributed by atoms with Gasteiger partial charge in [-0.05, 0) is 39.5 Å². The number of ether oxygens (including phenoxy) is 1. The molecule has 1 rings (SSSR count). The van der Waals surface area contributed by atoms with E-state index in [1.807, 2.05) is 6.92 Å². The molecule has 1 aliphatic rings. The second kappa shape index (κ2) is 10.00. The van der Waals surface area contributed by atoms with Crippen LogP contribution >= 0.6 is 0 Å². The molecule has 0 bridgehead atoms. The molecule has 1 saturated carbocycles. The molecule has 0 amide bonds. The lowest BCUT2D eigenvalue weighted by Crippen LogP contribution is -2.39. The van der Waals surface area contributed by atoms with Gasteiger partial charge in [0.25, 0.3) is 0 Å². The minimum absolute atomic E-state index is 0.501. The van der Waals surface area contributed by atoms with E-state index in [0.717, 1.165) is 70.8 Å². The molecule has 1 fully saturated rings. The Bertz CT molecular complexity index is 276. The summed E-state index contributed by atoms with van der Waals surface area (Å²) in [5.74, 6) is 0.809. The molecule has 0 aromatic heterocycles. The minimum Gasteiger partial charge on any atom is -0.388 e. The lowest BCUT2D eigenvalue weighted by atomic mass is 10.0. The van der Waals surface area contributed by atoms with Gasteiger partial charge >= 0.3 is 0 Å². The molecular weight excluding hydrogens is 254 g/mol. The fourth-order valence-corrected chi connectivity index (χ4v) is 2.44. The molecule has 5 nitrogen and oxygen atoms in total. The van der Waals surface area contributed by atoms with Gasteiger partial charge < -0.3 is 20.5 Å². The van der Waals surface area contributed by atoms with Crippen molar-refractivity contribution in [2.24, 2.45) is 4.99 Å². The smallest absolute Gasteiger partial charge is 0.191 e. The fourth-order valence-electron chi connectivity index (χ4n) is 2.44. The molecule has 20 heavy (non-hydrogen) atoms. The standard InChI is InChI=1S/C15H31N3O2/c1-3-16-14(17-11-7-8-12-20-4-2)18-13-15(19)9-5-6-10-15/h19H,3-13H2,1-2H3,(H2,16,17,18). The van der Waals surface area contributed by atoms with Crippen molar-refractivity contribution in [3.63, 3.8) is 0 Å². The van der Waals surface area contributed by atoms with Gasteiger partial charge in [0, 0.05) is 26.3 Å². The number of rotatable bonds is 9. The van der Waals surface area contributed by atoms with Crippen LogP contribution < -0.4 is 10.6 Å². The van der Waals surface area contributed by atoms with Gasteiger partial charge in [0.05, 0.1) is 12.1 Å². The maximum Gasteiger partial charge on any atom is 0.191 e. The molecule has 0 unspecified atom stereocenters. The Morgan fingerprint density at radius 2 is 1.95 bits per heavy atom. The summed E-state index contributed by atoms with van der Waals surface area (Å²) in [5, 5.41) is 16.8. The van der Waals surface area contributed by atoms with Gasteiger partial charge in [-0.3, -0.25) is 4.99 Å². The summed E-state index contributed by atoms with van der Waals surface area (Å²) < 4.78 is 5.31. The second-order valence-corrected chi connectivity index (χ2v) is 5.46. The van der Waals surface area contributed by atoms with E-state index in [1.54, 1.807) is 0 Å². The number of nitrogens with zero attached hydrogens (tertiary/aromatic N) is 1. The number of hydrogen-bond acceptors (Lipinski definition) is 3. The molecule has 0 saturated heterocycles. The third-order valence-electron chi connectivity index (χ3n) is 3.62. The van der Waals surface area contributed by atoms with Crippen molar-refractivity contribution in [1.82, 2.24) is 10.6 Å². The van der Waals surface area contributed by atoms with Gasteiger partial charge in [0.1, 0.15) is 0 Å². The fraction of sp³-hybridized carbons (Fsp3) is 0.933. The first-order valence-electron chi connectivity index (χ1n) is 8.02. The van der Waals surface area contributed by atoms with E-state index in [4.69, 9.17) is 4.74 Å². The maximum atomic E-state index is 10.3. The summed E-state index contributed by atoms with van der Waals surface area (Å²) >= 11 is 0. The van der Waals surface area contributed by atoms with Crippen molar-refractivity contribution >= 4 is 5.96 Å². The summed E-state index contributed by atoms with van der Waals surface area (Å²) in [6.45, 7) is 7.90. The Labute approximate surface area is 123 Å². The van der Waals surface area contributed by atoms with Crippen LogP contribution in [0.4, 0.5) is 0 Å². The quantitative estimate of drug-likeness (QED) is 0.342. The van der Waals surface area contributed by atoms with Crippen molar-refractivity contribution in [1.29, 1.82) is 0 Å². The highest BCUT2D eigenvalue weighted by Crippen LogP contribution is 2.29. The normalized spacial score (nSPS) is 18.2. The zero-order valence-electron chi connectivity index (χ0n) is 13.1. The third-order valence-corrected chi connectivity index (χ3v) is 3.62. The molecule has 1 aliphatic carbocycles. The number of nitrogens with one attached hydrogen (secondary N) is 2. The molecule has 0 spiro atoms. The average Bonchev–Trinajstić information content (AvgIpc) is 2.87. The maximum absolute atomic E-state index is 10.3. The van der Waals surface area contributed by atoms with Gasteiger partial charge in [-0.2, -0.15) is 0 Å². The number of hydrogen-bond donors (Lipinski definition) is 3. The Balaban J connectivity index is 2.24.